The number of pyridine rings is 1. The second-order valence-electron chi connectivity index (χ2n) is 5.88. The number of carbonyl (C=O) groups is 1. The van der Waals surface area contributed by atoms with Crippen LogP contribution in [0.1, 0.15) is 16.1 Å². The largest absolute Gasteiger partial charge is 0.416 e. The smallest absolute Gasteiger partial charge is 0.305 e. The summed E-state index contributed by atoms with van der Waals surface area (Å²) >= 11 is 0. The highest BCUT2D eigenvalue weighted by atomic mass is 19.4. The number of alkyl halides is 3. The molecule has 0 unspecified atom stereocenters. The molecule has 0 bridgehead atoms. The van der Waals surface area contributed by atoms with Gasteiger partial charge in [0.1, 0.15) is 5.82 Å². The minimum atomic E-state index is -4.46. The third-order valence-electron chi connectivity index (χ3n) is 3.99. The summed E-state index contributed by atoms with van der Waals surface area (Å²) in [5.41, 5.74) is 0.312. The molecule has 4 aromatic rings. The highest BCUT2D eigenvalue weighted by molar-refractivity contribution is 6.02. The lowest BCUT2D eigenvalue weighted by atomic mass is 10.1. The minimum Gasteiger partial charge on any atom is -0.305 e. The second kappa shape index (κ2) is 6.76. The van der Waals surface area contributed by atoms with E-state index in [1.807, 2.05) is 0 Å². The Balaban J connectivity index is 1.72. The number of aromatic nitrogens is 4. The van der Waals surface area contributed by atoms with E-state index in [1.165, 1.54) is 29.0 Å². The number of rotatable bonds is 3. The van der Waals surface area contributed by atoms with Crippen LogP contribution in [-0.2, 0) is 6.18 Å². The van der Waals surface area contributed by atoms with Gasteiger partial charge in [0.2, 0.25) is 0 Å². The molecule has 0 fully saturated rings. The summed E-state index contributed by atoms with van der Waals surface area (Å²) in [6.07, 6.45) is -1.58. The minimum absolute atomic E-state index is 0.134. The third kappa shape index (κ3) is 3.41. The lowest BCUT2D eigenvalue weighted by Crippen LogP contribution is -2.16. The summed E-state index contributed by atoms with van der Waals surface area (Å²) in [4.78, 5) is 20.7. The highest BCUT2D eigenvalue weighted by Gasteiger charge is 2.30. The van der Waals surface area contributed by atoms with Crippen molar-refractivity contribution < 1.29 is 18.0 Å². The molecule has 3 aromatic heterocycles. The van der Waals surface area contributed by atoms with E-state index in [2.05, 4.69) is 20.4 Å². The molecule has 0 aliphatic rings. The number of benzene rings is 1. The van der Waals surface area contributed by atoms with Crippen LogP contribution in [0.5, 0.6) is 0 Å². The van der Waals surface area contributed by atoms with Crippen LogP contribution in [0, 0.1) is 0 Å². The maximum absolute atomic E-state index is 13.0. The number of hydrogen-bond acceptors (Lipinski definition) is 4. The SMILES string of the molecule is O=C(Nc1ccccn1)c1cnc2ccc(-c3cccc(C(F)(F)F)c3)nn12. The number of carbonyl (C=O) groups excluding carboxylic acids is 1. The van der Waals surface area contributed by atoms with Crippen molar-refractivity contribution in [2.24, 2.45) is 0 Å². The van der Waals surface area contributed by atoms with Gasteiger partial charge in [0, 0.05) is 11.8 Å². The highest BCUT2D eigenvalue weighted by Crippen LogP contribution is 2.31. The molecule has 0 radical (unpaired) electrons. The Kier molecular flexibility index (Phi) is 4.26. The fourth-order valence-electron chi connectivity index (χ4n) is 2.65. The summed E-state index contributed by atoms with van der Waals surface area (Å²) in [6, 6.07) is 13.0. The number of amides is 1. The maximum atomic E-state index is 13.0. The van der Waals surface area contributed by atoms with Gasteiger partial charge in [0.15, 0.2) is 11.3 Å². The first kappa shape index (κ1) is 17.7. The van der Waals surface area contributed by atoms with Crippen LogP contribution < -0.4 is 5.32 Å². The van der Waals surface area contributed by atoms with Crippen molar-refractivity contribution >= 4 is 17.4 Å². The average Bonchev–Trinajstić information content (AvgIpc) is 3.11. The second-order valence-corrected chi connectivity index (χ2v) is 5.88. The van der Waals surface area contributed by atoms with Gasteiger partial charge in [-0.15, -0.1) is 0 Å². The molecule has 6 nitrogen and oxygen atoms in total. The lowest BCUT2D eigenvalue weighted by molar-refractivity contribution is -0.137. The quantitative estimate of drug-likeness (QED) is 0.579. The summed E-state index contributed by atoms with van der Waals surface area (Å²) in [6.45, 7) is 0. The molecule has 0 spiro atoms. The van der Waals surface area contributed by atoms with Gasteiger partial charge in [-0.3, -0.25) is 4.79 Å². The molecule has 1 N–H and O–H groups in total. The predicted molar refractivity (Wildman–Crippen MR) is 95.6 cm³/mol. The van der Waals surface area contributed by atoms with Crippen molar-refractivity contribution in [3.8, 4) is 11.3 Å². The first-order valence-corrected chi connectivity index (χ1v) is 8.16. The van der Waals surface area contributed by atoms with E-state index in [4.69, 9.17) is 0 Å². The maximum Gasteiger partial charge on any atom is 0.416 e. The van der Waals surface area contributed by atoms with Crippen LogP contribution in [-0.4, -0.2) is 25.5 Å². The average molecular weight is 383 g/mol. The fraction of sp³-hybridized carbons (Fsp3) is 0.0526. The Morgan fingerprint density at radius 2 is 1.86 bits per heavy atom. The van der Waals surface area contributed by atoms with Gasteiger partial charge in [-0.05, 0) is 36.4 Å². The van der Waals surface area contributed by atoms with Crippen molar-refractivity contribution in [1.82, 2.24) is 19.6 Å². The molecule has 140 valence electrons. The summed E-state index contributed by atoms with van der Waals surface area (Å²) < 4.78 is 40.2. The molecule has 0 saturated heterocycles. The number of fused-ring (bicyclic) bond motifs is 1. The lowest BCUT2D eigenvalue weighted by Gasteiger charge is -2.09. The van der Waals surface area contributed by atoms with Crippen molar-refractivity contribution in [3.63, 3.8) is 0 Å². The molecule has 0 saturated carbocycles. The monoisotopic (exact) mass is 383 g/mol. The summed E-state index contributed by atoms with van der Waals surface area (Å²) in [5.74, 6) is -0.128. The van der Waals surface area contributed by atoms with E-state index in [0.29, 0.717) is 11.5 Å². The van der Waals surface area contributed by atoms with E-state index in [1.54, 1.807) is 30.3 Å². The molecule has 0 aliphatic carbocycles. The van der Waals surface area contributed by atoms with E-state index >= 15 is 0 Å². The number of halogens is 3. The number of nitrogens with one attached hydrogen (secondary N) is 1. The zero-order valence-electron chi connectivity index (χ0n) is 14.2. The first-order chi connectivity index (χ1) is 13.4. The summed E-state index contributed by atoms with van der Waals surface area (Å²) in [7, 11) is 0. The van der Waals surface area contributed by atoms with Gasteiger partial charge in [-0.1, -0.05) is 18.2 Å². The van der Waals surface area contributed by atoms with Crippen molar-refractivity contribution in [1.29, 1.82) is 0 Å². The molecule has 28 heavy (non-hydrogen) atoms. The predicted octanol–water partition coefficient (Wildman–Crippen LogP) is 4.06. The van der Waals surface area contributed by atoms with Gasteiger partial charge >= 0.3 is 6.18 Å². The van der Waals surface area contributed by atoms with Crippen LogP contribution >= 0.6 is 0 Å². The van der Waals surface area contributed by atoms with Crippen LogP contribution in [0.2, 0.25) is 0 Å². The van der Waals surface area contributed by atoms with Gasteiger partial charge in [0.25, 0.3) is 5.91 Å². The number of nitrogens with zero attached hydrogens (tertiary/aromatic N) is 4. The molecule has 3 heterocycles. The van der Waals surface area contributed by atoms with Gasteiger partial charge < -0.3 is 5.32 Å². The van der Waals surface area contributed by atoms with Crippen LogP contribution in [0.15, 0.2) is 67.0 Å². The van der Waals surface area contributed by atoms with Crippen LogP contribution in [0.3, 0.4) is 0 Å². The standard InChI is InChI=1S/C19H12F3N5O/c20-19(21,22)13-5-3-4-12(10-13)14-7-8-17-24-11-15(27(17)26-14)18(28)25-16-6-1-2-9-23-16/h1-11H,(H,23,25,28). The Morgan fingerprint density at radius 1 is 1.00 bits per heavy atom. The summed E-state index contributed by atoms with van der Waals surface area (Å²) in [5, 5.41) is 6.92. The van der Waals surface area contributed by atoms with Gasteiger partial charge in [-0.2, -0.15) is 18.3 Å². The molecule has 1 amide bonds. The Bertz CT molecular complexity index is 1160. The number of imidazole rings is 1. The van der Waals surface area contributed by atoms with Crippen LogP contribution in [0.25, 0.3) is 16.9 Å². The van der Waals surface area contributed by atoms with Crippen LogP contribution in [0.4, 0.5) is 19.0 Å². The Labute approximate surface area is 156 Å². The molecule has 0 atom stereocenters. The van der Waals surface area contributed by atoms with Crippen molar-refractivity contribution in [2.45, 2.75) is 6.18 Å². The Hall–Kier alpha value is -3.75. The first-order valence-electron chi connectivity index (χ1n) is 8.16. The van der Waals surface area contributed by atoms with E-state index in [-0.39, 0.29) is 17.0 Å². The van der Waals surface area contributed by atoms with E-state index in [0.717, 1.165) is 12.1 Å². The number of hydrogen-bond donors (Lipinski definition) is 1. The molecule has 4 rings (SSSR count). The van der Waals surface area contributed by atoms with Gasteiger partial charge in [-0.25, -0.2) is 14.5 Å². The molecular formula is C19H12F3N5O. The zero-order chi connectivity index (χ0) is 19.7. The Morgan fingerprint density at radius 3 is 2.61 bits per heavy atom. The van der Waals surface area contributed by atoms with Gasteiger partial charge in [0.05, 0.1) is 17.5 Å². The fourth-order valence-corrected chi connectivity index (χ4v) is 2.65. The normalized spacial score (nSPS) is 11.5. The third-order valence-corrected chi connectivity index (χ3v) is 3.99. The van der Waals surface area contributed by atoms with Crippen molar-refractivity contribution in [2.75, 3.05) is 5.32 Å². The molecule has 9 heteroatoms. The van der Waals surface area contributed by atoms with E-state index in [9.17, 15) is 18.0 Å². The molecular weight excluding hydrogens is 371 g/mol. The number of anilines is 1. The van der Waals surface area contributed by atoms with E-state index < -0.39 is 17.6 Å². The van der Waals surface area contributed by atoms with Crippen molar-refractivity contribution in [3.05, 3.63) is 78.2 Å². The molecule has 1 aromatic carbocycles. The zero-order valence-corrected chi connectivity index (χ0v) is 14.2. The molecule has 0 aliphatic heterocycles. The topological polar surface area (TPSA) is 72.2 Å².